The molecule has 1 atom stereocenters. The first-order valence-corrected chi connectivity index (χ1v) is 8.12. The van der Waals surface area contributed by atoms with Crippen LogP contribution in [0.3, 0.4) is 0 Å². The average Bonchev–Trinajstić information content (AvgIpc) is 2.51. The zero-order chi connectivity index (χ0) is 17.3. The van der Waals surface area contributed by atoms with E-state index in [0.717, 1.165) is 28.5 Å². The predicted molar refractivity (Wildman–Crippen MR) is 98.0 cm³/mol. The monoisotopic (exact) mass is 322 g/mol. The number of benzene rings is 2. The van der Waals surface area contributed by atoms with Gasteiger partial charge in [0.1, 0.15) is 5.75 Å². The van der Waals surface area contributed by atoms with Crippen molar-refractivity contribution in [1.29, 1.82) is 0 Å². The van der Waals surface area contributed by atoms with Gasteiger partial charge in [0.15, 0.2) is 0 Å². The van der Waals surface area contributed by atoms with Gasteiger partial charge in [0.05, 0.1) is 5.69 Å². The summed E-state index contributed by atoms with van der Waals surface area (Å²) >= 11 is 0. The highest BCUT2D eigenvalue weighted by atomic mass is 16.3. The number of phenols is 1. The van der Waals surface area contributed by atoms with Crippen molar-refractivity contribution < 1.29 is 9.90 Å². The first kappa shape index (κ1) is 16.1. The van der Waals surface area contributed by atoms with Crippen molar-refractivity contribution in [2.24, 2.45) is 5.92 Å². The molecule has 0 aromatic heterocycles. The van der Waals surface area contributed by atoms with Crippen LogP contribution in [0, 0.1) is 5.92 Å². The molecular formula is C20H22N2O2. The Morgan fingerprint density at radius 2 is 1.96 bits per heavy atom. The fourth-order valence-electron chi connectivity index (χ4n) is 3.33. The Morgan fingerprint density at radius 3 is 2.71 bits per heavy atom. The molecule has 24 heavy (non-hydrogen) atoms. The Kier molecular flexibility index (Phi) is 4.30. The van der Waals surface area contributed by atoms with Gasteiger partial charge in [-0.05, 0) is 60.9 Å². The van der Waals surface area contributed by atoms with Gasteiger partial charge in [-0.3, -0.25) is 0 Å². The van der Waals surface area contributed by atoms with E-state index in [2.05, 4.69) is 30.6 Å². The minimum atomic E-state index is -0.275. The van der Waals surface area contributed by atoms with Gasteiger partial charge in [0.2, 0.25) is 0 Å². The van der Waals surface area contributed by atoms with Gasteiger partial charge in [-0.1, -0.05) is 31.2 Å². The number of allylic oxidation sites excluding steroid dienone is 3. The Labute approximate surface area is 141 Å². The average molecular weight is 322 g/mol. The van der Waals surface area contributed by atoms with Gasteiger partial charge in [0, 0.05) is 11.1 Å². The number of phenolic OH excluding ortho intramolecular Hbond substituents is 1. The van der Waals surface area contributed by atoms with Gasteiger partial charge >= 0.3 is 6.03 Å². The minimum Gasteiger partial charge on any atom is -0.508 e. The molecule has 2 aromatic carbocycles. The molecule has 124 valence electrons. The Morgan fingerprint density at radius 1 is 1.17 bits per heavy atom. The third kappa shape index (κ3) is 3.27. The molecule has 0 heterocycles. The van der Waals surface area contributed by atoms with E-state index in [1.807, 2.05) is 31.2 Å². The molecule has 4 heteroatoms. The summed E-state index contributed by atoms with van der Waals surface area (Å²) in [4.78, 5) is 12.4. The SMILES string of the molecule is CC1=CC(C)CC(C)=C1NC(=O)Nc1cccc2ccc(O)cc12. The van der Waals surface area contributed by atoms with Gasteiger partial charge in [-0.2, -0.15) is 0 Å². The summed E-state index contributed by atoms with van der Waals surface area (Å²) in [6.45, 7) is 6.25. The number of hydrogen-bond donors (Lipinski definition) is 3. The predicted octanol–water partition coefficient (Wildman–Crippen LogP) is 4.93. The number of nitrogens with one attached hydrogen (secondary N) is 2. The molecule has 2 aromatic rings. The summed E-state index contributed by atoms with van der Waals surface area (Å²) in [5, 5.41) is 17.3. The second-order valence-corrected chi connectivity index (χ2v) is 6.48. The summed E-state index contributed by atoms with van der Waals surface area (Å²) in [6, 6.07) is 10.5. The fraction of sp³-hybridized carbons (Fsp3) is 0.250. The Balaban J connectivity index is 1.82. The maximum Gasteiger partial charge on any atom is 0.323 e. The molecule has 1 aliphatic rings. The highest BCUT2D eigenvalue weighted by Crippen LogP contribution is 2.28. The number of amides is 2. The standard InChI is InChI=1S/C20H22N2O2/c1-12-9-13(2)19(14(3)10-12)22-20(24)21-18-6-4-5-15-7-8-16(23)11-17(15)18/h4-9,11-12,23H,10H2,1-3H3,(H2,21,22,24). The number of hydrogen-bond acceptors (Lipinski definition) is 2. The van der Waals surface area contributed by atoms with E-state index in [1.165, 1.54) is 5.57 Å². The summed E-state index contributed by atoms with van der Waals surface area (Å²) < 4.78 is 0. The quantitative estimate of drug-likeness (QED) is 0.734. The topological polar surface area (TPSA) is 61.4 Å². The molecule has 0 radical (unpaired) electrons. The summed E-state index contributed by atoms with van der Waals surface area (Å²) in [5.74, 6) is 0.676. The van der Waals surface area contributed by atoms with Crippen molar-refractivity contribution in [3.8, 4) is 5.75 Å². The molecule has 2 amide bonds. The lowest BCUT2D eigenvalue weighted by Gasteiger charge is -2.22. The first-order chi connectivity index (χ1) is 11.4. The van der Waals surface area contributed by atoms with E-state index >= 15 is 0 Å². The molecular weight excluding hydrogens is 300 g/mol. The van der Waals surface area contributed by atoms with Gasteiger partial charge in [-0.15, -0.1) is 0 Å². The van der Waals surface area contributed by atoms with Crippen molar-refractivity contribution in [3.05, 3.63) is 59.3 Å². The second-order valence-electron chi connectivity index (χ2n) is 6.48. The summed E-state index contributed by atoms with van der Waals surface area (Å²) in [6.07, 6.45) is 3.13. The van der Waals surface area contributed by atoms with E-state index in [0.29, 0.717) is 11.6 Å². The fourth-order valence-corrected chi connectivity index (χ4v) is 3.33. The van der Waals surface area contributed by atoms with Gasteiger partial charge in [-0.25, -0.2) is 4.79 Å². The van der Waals surface area contributed by atoms with Crippen LogP contribution in [-0.2, 0) is 0 Å². The van der Waals surface area contributed by atoms with Crippen LogP contribution in [0.4, 0.5) is 10.5 Å². The summed E-state index contributed by atoms with van der Waals surface area (Å²) in [7, 11) is 0. The van der Waals surface area contributed by atoms with Crippen LogP contribution in [0.25, 0.3) is 10.8 Å². The van der Waals surface area contributed by atoms with E-state index in [4.69, 9.17) is 0 Å². The number of rotatable bonds is 2. The van der Waals surface area contributed by atoms with Crippen LogP contribution in [0.15, 0.2) is 59.3 Å². The molecule has 0 saturated carbocycles. The molecule has 3 rings (SSSR count). The smallest absolute Gasteiger partial charge is 0.323 e. The van der Waals surface area contributed by atoms with Crippen molar-refractivity contribution in [2.45, 2.75) is 27.2 Å². The lowest BCUT2D eigenvalue weighted by Crippen LogP contribution is -2.30. The number of carbonyl (C=O) groups excluding carboxylic acids is 1. The van der Waals surface area contributed by atoms with Crippen molar-refractivity contribution in [1.82, 2.24) is 5.32 Å². The third-order valence-corrected chi connectivity index (χ3v) is 4.34. The van der Waals surface area contributed by atoms with Crippen LogP contribution in [0.5, 0.6) is 5.75 Å². The van der Waals surface area contributed by atoms with Crippen LogP contribution in [-0.4, -0.2) is 11.1 Å². The van der Waals surface area contributed by atoms with E-state index in [-0.39, 0.29) is 11.8 Å². The van der Waals surface area contributed by atoms with E-state index < -0.39 is 0 Å². The van der Waals surface area contributed by atoms with Crippen LogP contribution in [0.2, 0.25) is 0 Å². The lowest BCUT2D eigenvalue weighted by molar-refractivity contribution is 0.254. The molecule has 0 spiro atoms. The van der Waals surface area contributed by atoms with Crippen molar-refractivity contribution in [3.63, 3.8) is 0 Å². The number of urea groups is 1. The molecule has 0 saturated heterocycles. The van der Waals surface area contributed by atoms with Gasteiger partial charge in [0.25, 0.3) is 0 Å². The highest BCUT2D eigenvalue weighted by Gasteiger charge is 2.17. The zero-order valence-corrected chi connectivity index (χ0v) is 14.2. The zero-order valence-electron chi connectivity index (χ0n) is 14.2. The first-order valence-electron chi connectivity index (χ1n) is 8.12. The molecule has 0 bridgehead atoms. The largest absolute Gasteiger partial charge is 0.508 e. The Bertz CT molecular complexity index is 865. The number of aromatic hydroxyl groups is 1. The maximum absolute atomic E-state index is 12.4. The van der Waals surface area contributed by atoms with E-state index in [1.54, 1.807) is 12.1 Å². The highest BCUT2D eigenvalue weighted by molar-refractivity contribution is 6.02. The lowest BCUT2D eigenvalue weighted by atomic mass is 9.90. The normalized spacial score (nSPS) is 17.6. The van der Waals surface area contributed by atoms with Crippen LogP contribution < -0.4 is 10.6 Å². The number of carbonyl (C=O) groups is 1. The molecule has 3 N–H and O–H groups in total. The van der Waals surface area contributed by atoms with Gasteiger partial charge < -0.3 is 15.7 Å². The van der Waals surface area contributed by atoms with E-state index in [9.17, 15) is 9.90 Å². The maximum atomic E-state index is 12.4. The second kappa shape index (κ2) is 6.40. The van der Waals surface area contributed by atoms with Crippen LogP contribution in [0.1, 0.15) is 27.2 Å². The molecule has 0 fully saturated rings. The van der Waals surface area contributed by atoms with Crippen molar-refractivity contribution >= 4 is 22.5 Å². The molecule has 1 unspecified atom stereocenters. The van der Waals surface area contributed by atoms with Crippen molar-refractivity contribution in [2.75, 3.05) is 5.32 Å². The number of fused-ring (bicyclic) bond motifs is 1. The summed E-state index contributed by atoms with van der Waals surface area (Å²) in [5.41, 5.74) is 3.85. The third-order valence-electron chi connectivity index (χ3n) is 4.34. The van der Waals surface area contributed by atoms with Crippen LogP contribution >= 0.6 is 0 Å². The molecule has 0 aliphatic heterocycles. The molecule has 4 nitrogen and oxygen atoms in total. The molecule has 1 aliphatic carbocycles. The number of anilines is 1. The Hall–Kier alpha value is -2.75. The minimum absolute atomic E-state index is 0.177.